The van der Waals surface area contributed by atoms with Gasteiger partial charge in [-0.2, -0.15) is 0 Å². The van der Waals surface area contributed by atoms with Gasteiger partial charge in [-0.25, -0.2) is 4.98 Å². The van der Waals surface area contributed by atoms with Crippen LogP contribution < -0.4 is 10.6 Å². The number of imide groups is 1. The molecule has 0 radical (unpaired) electrons. The summed E-state index contributed by atoms with van der Waals surface area (Å²) in [6.45, 7) is 6.59. The first-order valence-corrected chi connectivity index (χ1v) is 12.1. The molecular weight excluding hydrogens is 416 g/mol. The van der Waals surface area contributed by atoms with Gasteiger partial charge in [-0.15, -0.1) is 0 Å². The van der Waals surface area contributed by atoms with Crippen molar-refractivity contribution in [3.8, 4) is 0 Å². The van der Waals surface area contributed by atoms with Gasteiger partial charge in [-0.1, -0.05) is 18.2 Å². The van der Waals surface area contributed by atoms with E-state index < -0.39 is 0 Å². The Morgan fingerprint density at radius 1 is 1.18 bits per heavy atom. The minimum atomic E-state index is -0.113. The number of guanidine groups is 1. The van der Waals surface area contributed by atoms with E-state index in [4.69, 9.17) is 4.98 Å². The molecule has 1 aliphatic heterocycles. The Hall–Kier alpha value is -3.16. The summed E-state index contributed by atoms with van der Waals surface area (Å²) in [6.07, 6.45) is 10.8. The van der Waals surface area contributed by atoms with E-state index in [0.717, 1.165) is 48.8 Å². The summed E-state index contributed by atoms with van der Waals surface area (Å²) in [5.74, 6) is 1.10. The third kappa shape index (κ3) is 4.03. The van der Waals surface area contributed by atoms with E-state index in [2.05, 4.69) is 51.4 Å². The molecule has 1 saturated carbocycles. The van der Waals surface area contributed by atoms with Gasteiger partial charge in [0, 0.05) is 45.0 Å². The number of aromatic nitrogens is 2. The van der Waals surface area contributed by atoms with Gasteiger partial charge in [-0.3, -0.25) is 19.5 Å². The Kier molecular flexibility index (Phi) is 5.91. The standard InChI is InChI=1S/C25H32N6O2/c1-3-26-25(28-11-9-19-15-30-12-4-6-16(2)22(30)29-19)27-10-5-13-31-23(32)20-17-7-8-18(14-17)21(20)24(31)33/h4,6-8,12,15,17-18,20-21H,3,5,9-11,13-14H2,1-2H3,(H2,26,27,28). The molecule has 2 fully saturated rings. The summed E-state index contributed by atoms with van der Waals surface area (Å²) >= 11 is 0. The molecule has 33 heavy (non-hydrogen) atoms. The topological polar surface area (TPSA) is 91.1 Å². The molecule has 2 bridgehead atoms. The molecule has 4 unspecified atom stereocenters. The molecule has 2 amide bonds. The van der Waals surface area contributed by atoms with Crippen LogP contribution in [0.4, 0.5) is 0 Å². The van der Waals surface area contributed by atoms with E-state index in [1.807, 2.05) is 19.2 Å². The lowest BCUT2D eigenvalue weighted by Gasteiger charge is -2.17. The molecule has 0 spiro atoms. The first-order valence-electron chi connectivity index (χ1n) is 12.1. The number of rotatable bonds is 8. The van der Waals surface area contributed by atoms with Crippen LogP contribution in [0.2, 0.25) is 0 Å². The largest absolute Gasteiger partial charge is 0.357 e. The van der Waals surface area contributed by atoms with Crippen molar-refractivity contribution < 1.29 is 9.59 Å². The number of hydrogen-bond acceptors (Lipinski definition) is 4. The minimum absolute atomic E-state index is 0.0264. The number of pyridine rings is 1. The Morgan fingerprint density at radius 3 is 2.64 bits per heavy atom. The number of fused-ring (bicyclic) bond motifs is 6. The van der Waals surface area contributed by atoms with Crippen LogP contribution in [-0.2, 0) is 16.0 Å². The third-order valence-corrected chi connectivity index (χ3v) is 7.12. The Labute approximate surface area is 194 Å². The molecule has 2 aromatic rings. The molecule has 174 valence electrons. The Balaban J connectivity index is 1.11. The molecule has 3 aliphatic rings. The van der Waals surface area contributed by atoms with Crippen molar-refractivity contribution in [2.24, 2.45) is 28.7 Å². The van der Waals surface area contributed by atoms with E-state index in [0.29, 0.717) is 19.5 Å². The number of allylic oxidation sites excluding steroid dienone is 2. The molecule has 8 nitrogen and oxygen atoms in total. The lowest BCUT2D eigenvalue weighted by atomic mass is 9.85. The number of likely N-dealkylation sites (tertiary alicyclic amines) is 1. The van der Waals surface area contributed by atoms with E-state index >= 15 is 0 Å². The van der Waals surface area contributed by atoms with Crippen LogP contribution in [0.15, 0.2) is 41.7 Å². The van der Waals surface area contributed by atoms with Crippen LogP contribution in [0.1, 0.15) is 31.0 Å². The summed E-state index contributed by atoms with van der Waals surface area (Å²) in [5.41, 5.74) is 3.19. The predicted molar refractivity (Wildman–Crippen MR) is 127 cm³/mol. The number of carbonyl (C=O) groups excluding carboxylic acids is 2. The second kappa shape index (κ2) is 9.00. The molecule has 3 heterocycles. The maximum absolute atomic E-state index is 12.8. The Morgan fingerprint density at radius 2 is 1.94 bits per heavy atom. The van der Waals surface area contributed by atoms with Crippen molar-refractivity contribution in [1.82, 2.24) is 24.9 Å². The third-order valence-electron chi connectivity index (χ3n) is 7.12. The number of carbonyl (C=O) groups is 2. The predicted octanol–water partition coefficient (Wildman–Crippen LogP) is 1.94. The van der Waals surface area contributed by atoms with Crippen molar-refractivity contribution in [3.63, 3.8) is 0 Å². The average Bonchev–Trinajstić information content (AvgIpc) is 3.56. The summed E-state index contributed by atoms with van der Waals surface area (Å²) in [5, 5.41) is 6.62. The molecule has 2 aliphatic carbocycles. The molecule has 0 aromatic carbocycles. The van der Waals surface area contributed by atoms with Crippen LogP contribution in [0, 0.1) is 30.6 Å². The molecule has 8 heteroatoms. The van der Waals surface area contributed by atoms with Crippen molar-refractivity contribution in [3.05, 3.63) is 47.9 Å². The van der Waals surface area contributed by atoms with Gasteiger partial charge in [0.05, 0.1) is 17.5 Å². The molecule has 4 atom stereocenters. The number of hydrogen-bond donors (Lipinski definition) is 2. The fraction of sp³-hybridized carbons (Fsp3) is 0.520. The van der Waals surface area contributed by atoms with Gasteiger partial charge in [0.15, 0.2) is 5.96 Å². The quantitative estimate of drug-likeness (QED) is 0.212. The number of aryl methyl sites for hydroxylation is 1. The highest BCUT2D eigenvalue weighted by Gasteiger charge is 2.58. The first kappa shape index (κ1) is 21.7. The summed E-state index contributed by atoms with van der Waals surface area (Å²) in [4.78, 5) is 36.4. The highest BCUT2D eigenvalue weighted by Crippen LogP contribution is 2.52. The van der Waals surface area contributed by atoms with Gasteiger partial charge in [0.1, 0.15) is 5.65 Å². The monoisotopic (exact) mass is 448 g/mol. The average molecular weight is 449 g/mol. The molecule has 2 N–H and O–H groups in total. The van der Waals surface area contributed by atoms with Crippen LogP contribution in [-0.4, -0.2) is 58.2 Å². The highest BCUT2D eigenvalue weighted by molar-refractivity contribution is 6.06. The van der Waals surface area contributed by atoms with Crippen LogP contribution in [0.3, 0.4) is 0 Å². The van der Waals surface area contributed by atoms with Gasteiger partial charge in [0.25, 0.3) is 0 Å². The molecular formula is C25H32N6O2. The zero-order chi connectivity index (χ0) is 22.9. The maximum atomic E-state index is 12.8. The molecule has 1 saturated heterocycles. The van der Waals surface area contributed by atoms with E-state index in [9.17, 15) is 9.59 Å². The summed E-state index contributed by atoms with van der Waals surface area (Å²) in [6, 6.07) is 4.09. The van der Waals surface area contributed by atoms with Crippen molar-refractivity contribution >= 4 is 23.4 Å². The van der Waals surface area contributed by atoms with E-state index in [1.165, 1.54) is 4.90 Å². The summed E-state index contributed by atoms with van der Waals surface area (Å²) in [7, 11) is 0. The van der Waals surface area contributed by atoms with Crippen LogP contribution in [0.25, 0.3) is 5.65 Å². The SMILES string of the molecule is CCNC(=NCCCN1C(=O)C2C3C=CC(C3)C2C1=O)NCCc1cn2cccc(C)c2n1. The lowest BCUT2D eigenvalue weighted by molar-refractivity contribution is -0.140. The number of nitrogens with zero attached hydrogens (tertiary/aromatic N) is 4. The lowest BCUT2D eigenvalue weighted by Crippen LogP contribution is -2.38. The van der Waals surface area contributed by atoms with Crippen molar-refractivity contribution in [2.75, 3.05) is 26.2 Å². The number of amides is 2. The number of aliphatic imine (C=N–C) groups is 1. The molecule has 2 aromatic heterocycles. The van der Waals surface area contributed by atoms with Crippen LogP contribution in [0.5, 0.6) is 0 Å². The zero-order valence-electron chi connectivity index (χ0n) is 19.3. The smallest absolute Gasteiger partial charge is 0.233 e. The van der Waals surface area contributed by atoms with Gasteiger partial charge in [0.2, 0.25) is 11.8 Å². The van der Waals surface area contributed by atoms with Gasteiger partial charge < -0.3 is 15.0 Å². The normalized spacial score (nSPS) is 26.0. The number of nitrogens with one attached hydrogen (secondary N) is 2. The van der Waals surface area contributed by atoms with Crippen molar-refractivity contribution in [1.29, 1.82) is 0 Å². The first-order chi connectivity index (χ1) is 16.1. The fourth-order valence-corrected chi connectivity index (χ4v) is 5.58. The second-order valence-corrected chi connectivity index (χ2v) is 9.27. The van der Waals surface area contributed by atoms with Gasteiger partial charge in [-0.05, 0) is 50.2 Å². The number of imidazole rings is 1. The van der Waals surface area contributed by atoms with E-state index in [-0.39, 0.29) is 35.5 Å². The summed E-state index contributed by atoms with van der Waals surface area (Å²) < 4.78 is 2.06. The molecule has 5 rings (SSSR count). The second-order valence-electron chi connectivity index (χ2n) is 9.27. The highest BCUT2D eigenvalue weighted by atomic mass is 16.2. The fourth-order valence-electron chi connectivity index (χ4n) is 5.58. The van der Waals surface area contributed by atoms with Crippen LogP contribution >= 0.6 is 0 Å². The zero-order valence-corrected chi connectivity index (χ0v) is 19.3. The van der Waals surface area contributed by atoms with Gasteiger partial charge >= 0.3 is 0 Å². The van der Waals surface area contributed by atoms with E-state index in [1.54, 1.807) is 0 Å². The van der Waals surface area contributed by atoms with Crippen molar-refractivity contribution in [2.45, 2.75) is 33.1 Å². The minimum Gasteiger partial charge on any atom is -0.357 e. The Bertz CT molecular complexity index is 1090. The maximum Gasteiger partial charge on any atom is 0.233 e.